The predicted molar refractivity (Wildman–Crippen MR) is 328 cm³/mol. The Balaban J connectivity index is 0.000000122. The largest absolute Gasteiger partial charge is 0.404 e. The van der Waals surface area contributed by atoms with Crippen LogP contribution in [0.2, 0.25) is 0 Å². The maximum Gasteiger partial charge on any atom is 0.404 e. The zero-order valence-electron chi connectivity index (χ0n) is 49.1. The highest BCUT2D eigenvalue weighted by Gasteiger charge is 2.42. The van der Waals surface area contributed by atoms with Crippen LogP contribution in [0.15, 0.2) is 97.6 Å². The fourth-order valence-electron chi connectivity index (χ4n) is 13.0. The Bertz CT molecular complexity index is 4120. The van der Waals surface area contributed by atoms with Crippen molar-refractivity contribution in [2.75, 3.05) is 63.0 Å². The lowest BCUT2D eigenvalue weighted by atomic mass is 9.89. The number of hydrogen-bond acceptors (Lipinski definition) is 10. The Kier molecular flexibility index (Phi) is 18.7. The monoisotopic (exact) mass is 1300 g/mol. The third kappa shape index (κ3) is 14.5. The van der Waals surface area contributed by atoms with Crippen LogP contribution >= 0.6 is 0 Å². The third-order valence-electron chi connectivity index (χ3n) is 17.9. The zero-order chi connectivity index (χ0) is 63.0. The van der Waals surface area contributed by atoms with Gasteiger partial charge in [-0.1, -0.05) is 5.10 Å². The topological polar surface area (TPSA) is 233 Å². The highest BCUT2D eigenvalue weighted by atomic mass is 32.2. The summed E-state index contributed by atoms with van der Waals surface area (Å²) in [7, 11) is -10.5. The van der Waals surface area contributed by atoms with Gasteiger partial charge in [-0.25, -0.2) is 55.7 Å². The number of alkyl halides is 3. The molecule has 5 N–H and O–H groups in total. The van der Waals surface area contributed by atoms with Gasteiger partial charge in [0, 0.05) is 121 Å². The summed E-state index contributed by atoms with van der Waals surface area (Å²) in [6, 6.07) is 18.9. The molecule has 14 rings (SSSR count). The van der Waals surface area contributed by atoms with Gasteiger partial charge < -0.3 is 24.8 Å². The van der Waals surface area contributed by atoms with Crippen molar-refractivity contribution < 1.29 is 56.0 Å². The minimum Gasteiger partial charge on any atom is -0.361 e. The lowest BCUT2D eigenvalue weighted by molar-refractivity contribution is -0.107. The molecular weight excluding hydrogens is 1230 g/mol. The Labute approximate surface area is 511 Å². The lowest BCUT2D eigenvalue weighted by Gasteiger charge is -2.32. The molecule has 0 unspecified atom stereocenters. The van der Waals surface area contributed by atoms with Crippen molar-refractivity contribution in [1.82, 2.24) is 53.5 Å². The van der Waals surface area contributed by atoms with E-state index in [2.05, 4.69) is 45.5 Å². The van der Waals surface area contributed by atoms with E-state index in [0.717, 1.165) is 118 Å². The molecule has 18 nitrogen and oxygen atoms in total. The summed E-state index contributed by atoms with van der Waals surface area (Å²) < 4.78 is 167. The van der Waals surface area contributed by atoms with E-state index in [4.69, 9.17) is 0 Å². The Morgan fingerprint density at radius 2 is 0.820 bits per heavy atom. The van der Waals surface area contributed by atoms with Gasteiger partial charge in [0.15, 0.2) is 5.75 Å². The van der Waals surface area contributed by atoms with E-state index in [-0.39, 0.29) is 52.8 Å². The summed E-state index contributed by atoms with van der Waals surface area (Å²) in [6.07, 6.45) is 10.7. The minimum absolute atomic E-state index is 0.0292. The van der Waals surface area contributed by atoms with Crippen molar-refractivity contribution in [3.63, 3.8) is 0 Å². The third-order valence-corrected chi connectivity index (χ3v) is 24.5. The van der Waals surface area contributed by atoms with Crippen LogP contribution < -0.4 is 4.90 Å². The molecule has 4 aromatic carbocycles. The molecule has 9 heterocycles. The molecule has 9 aromatic rings. The molecule has 28 heteroatoms. The second kappa shape index (κ2) is 26.2. The fourth-order valence-corrected chi connectivity index (χ4v) is 17.5. The summed E-state index contributed by atoms with van der Waals surface area (Å²) in [5.41, 5.74) is 7.68. The first kappa shape index (κ1) is 63.7. The average Bonchev–Trinajstić information content (AvgIpc) is 2.47. The lowest BCUT2D eigenvalue weighted by Crippen LogP contribution is -2.42. The first-order valence-corrected chi connectivity index (χ1v) is 34.6. The van der Waals surface area contributed by atoms with Crippen molar-refractivity contribution in [2.24, 2.45) is 0 Å². The molecule has 89 heavy (non-hydrogen) atoms. The van der Waals surface area contributed by atoms with E-state index < -0.39 is 42.0 Å². The molecule has 4 saturated heterocycles. The fraction of sp³-hybridized carbons (Fsp3) is 0.459. The second-order valence-electron chi connectivity index (χ2n) is 23.9. The van der Waals surface area contributed by atoms with E-state index in [1.165, 1.54) is 53.6 Å². The normalized spacial score (nSPS) is 18.7. The highest BCUT2D eigenvalue weighted by molar-refractivity contribution is 7.90. The Morgan fingerprint density at radius 1 is 0.483 bits per heavy atom. The standard InChI is InChI=1S/C16H19FN2O2S.C16H21FN2O2S.C15H16F4N2O2S.C14H15FN6/c17-12-1-4-14-15(10-18-16(14)9-12)11-5-7-19(8-6-11)22(20,21)13-2-3-13;1-11(2)22(20,21)19-7-5-12(6-8-19)15-10-18-16-9-13(17)3-4-14(15)16;16-11-1-2-12-13(8-20-14(12)7-11)10-3-5-21(6-4-10)24(22,23)9-15(17,18)19;15-10-1-2-11-12(8-16-13(11)7-10)9-3-5-21(6-4-9)14-17-19-20-18-14/h1,4,9-11,13,18H,2-3,5-8H2;3-4,9-12,18H,5-8H2,1-2H3;1-2,7-8,10,20H,3-6,9H2;1-2,7-9,16H,3-6H2,(H,17,18,19,20). The molecule has 4 aliphatic heterocycles. The van der Waals surface area contributed by atoms with Crippen LogP contribution in [-0.4, -0.2) is 154 Å². The second-order valence-corrected chi connectivity index (χ2v) is 30.6. The summed E-state index contributed by atoms with van der Waals surface area (Å²) in [5.74, 6) is -1.06. The van der Waals surface area contributed by atoms with Crippen molar-refractivity contribution in [3.05, 3.63) is 143 Å². The first-order valence-electron chi connectivity index (χ1n) is 30.0. The Morgan fingerprint density at radius 3 is 1.13 bits per heavy atom. The minimum atomic E-state index is -4.74. The maximum atomic E-state index is 13.3. The van der Waals surface area contributed by atoms with Crippen LogP contribution in [-0.2, 0) is 30.1 Å². The molecule has 1 aliphatic carbocycles. The highest BCUT2D eigenvalue weighted by Crippen LogP contribution is 2.40. The number of H-pyrrole nitrogens is 5. The number of nitrogens with one attached hydrogen (secondary N) is 5. The number of sulfonamides is 3. The van der Waals surface area contributed by atoms with Crippen LogP contribution in [0.5, 0.6) is 0 Å². The van der Waals surface area contributed by atoms with Crippen LogP contribution in [0.1, 0.15) is 124 Å². The van der Waals surface area contributed by atoms with Crippen molar-refractivity contribution in [3.8, 4) is 0 Å². The molecule has 5 aromatic heterocycles. The van der Waals surface area contributed by atoms with Crippen LogP contribution in [0, 0.1) is 23.3 Å². The number of aromatic amines is 5. The van der Waals surface area contributed by atoms with Gasteiger partial charge in [0.05, 0.1) is 10.5 Å². The zero-order valence-corrected chi connectivity index (χ0v) is 51.5. The molecule has 0 bridgehead atoms. The predicted octanol–water partition coefficient (Wildman–Crippen LogP) is 11.8. The number of piperidine rings is 4. The molecule has 0 amide bonds. The number of rotatable bonds is 11. The number of benzene rings is 4. The molecule has 5 fully saturated rings. The van der Waals surface area contributed by atoms with Crippen LogP contribution in [0.4, 0.5) is 36.7 Å². The maximum absolute atomic E-state index is 13.3. The molecule has 0 spiro atoms. The number of halogens is 7. The van der Waals surface area contributed by atoms with E-state index in [0.29, 0.717) is 68.2 Å². The van der Waals surface area contributed by atoms with Crippen LogP contribution in [0.25, 0.3) is 43.6 Å². The molecule has 478 valence electrons. The Hall–Kier alpha value is -6.85. The van der Waals surface area contributed by atoms with E-state index in [1.807, 2.05) is 30.7 Å². The van der Waals surface area contributed by atoms with Crippen LogP contribution in [0.3, 0.4) is 0 Å². The number of aromatic nitrogens is 8. The summed E-state index contributed by atoms with van der Waals surface area (Å²) in [4.78, 5) is 14.5. The molecular formula is C61H71F7N12O6S3. The smallest absolute Gasteiger partial charge is 0.361 e. The quantitative estimate of drug-likeness (QED) is 0.0769. The molecule has 1 saturated carbocycles. The van der Waals surface area contributed by atoms with E-state index in [9.17, 15) is 56.0 Å². The summed E-state index contributed by atoms with van der Waals surface area (Å²) >= 11 is 0. The SMILES string of the molecule is CC(C)S(=O)(=O)N1CCC(c2c[nH]c3cc(F)ccc23)CC1.Fc1ccc2c(C3CCN(c4nn[nH]n4)CC3)c[nH]c2c1.O=S(=O)(C1CC1)N1CCC(c2c[nH]c3cc(F)ccc23)CC1.O=S(=O)(CC(F)(F)F)N1CCC(c2c[nH]c3cc(F)ccc23)CC1. The number of tetrazole rings is 1. The van der Waals surface area contributed by atoms with E-state index in [1.54, 1.807) is 46.9 Å². The first-order chi connectivity index (χ1) is 42.4. The number of nitrogens with zero attached hydrogens (tertiary/aromatic N) is 7. The van der Waals surface area contributed by atoms with Gasteiger partial charge in [-0.2, -0.15) is 18.4 Å². The molecule has 0 radical (unpaired) electrons. The van der Waals surface area contributed by atoms with Gasteiger partial charge in [-0.15, -0.1) is 5.10 Å². The molecule has 5 aliphatic rings. The molecule has 0 atom stereocenters. The number of hydrogen-bond donors (Lipinski definition) is 5. The van der Waals surface area contributed by atoms with Crippen molar-refractivity contribution >= 4 is 79.6 Å². The van der Waals surface area contributed by atoms with Gasteiger partial charge >= 0.3 is 6.18 Å². The van der Waals surface area contributed by atoms with Gasteiger partial charge in [0.1, 0.15) is 23.3 Å². The summed E-state index contributed by atoms with van der Waals surface area (Å²) in [6.45, 7) is 7.64. The van der Waals surface area contributed by atoms with E-state index >= 15 is 0 Å². The van der Waals surface area contributed by atoms with Crippen molar-refractivity contribution in [2.45, 2.75) is 118 Å². The number of anilines is 1. The van der Waals surface area contributed by atoms with Crippen molar-refractivity contribution in [1.29, 1.82) is 0 Å². The summed E-state index contributed by atoms with van der Waals surface area (Å²) in [5, 5.41) is 17.7. The van der Waals surface area contributed by atoms with Gasteiger partial charge in [-0.05, 0) is 202 Å². The number of fused-ring (bicyclic) bond motifs is 4. The van der Waals surface area contributed by atoms with Gasteiger partial charge in [-0.3, -0.25) is 0 Å². The van der Waals surface area contributed by atoms with Gasteiger partial charge in [0.2, 0.25) is 30.1 Å². The average molecular weight is 1300 g/mol. The van der Waals surface area contributed by atoms with Gasteiger partial charge in [0.25, 0.3) is 5.95 Å².